The summed E-state index contributed by atoms with van der Waals surface area (Å²) in [4.78, 5) is 28.3. The van der Waals surface area contributed by atoms with E-state index in [1.165, 1.54) is 0 Å². The summed E-state index contributed by atoms with van der Waals surface area (Å²) < 4.78 is 0. The molecule has 0 atom stereocenters. The van der Waals surface area contributed by atoms with E-state index < -0.39 is 7.28 Å². The molecule has 3 nitrogen and oxygen atoms in total. The van der Waals surface area contributed by atoms with Crippen molar-refractivity contribution < 1.29 is 14.7 Å². The summed E-state index contributed by atoms with van der Waals surface area (Å²) in [6.45, 7) is 0. The Kier molecular flexibility index (Phi) is 5.78. The zero-order chi connectivity index (χ0) is 9.69. The molecule has 0 aliphatic heterocycles. The van der Waals surface area contributed by atoms with Gasteiger partial charge in [0.2, 0.25) is 0 Å². The Bertz CT molecular complexity index is 122. The van der Waals surface area contributed by atoms with Gasteiger partial charge >= 0.3 is 89.6 Å². The number of halogens is 2. The van der Waals surface area contributed by atoms with Crippen LogP contribution in [0.1, 0.15) is 12.8 Å². The molecule has 0 unspecified atom stereocenters. The van der Waals surface area contributed by atoms with Crippen LogP contribution >= 0.6 is 39.1 Å². The minimum absolute atomic E-state index is 0.101. The van der Waals surface area contributed by atoms with Crippen molar-refractivity contribution >= 4 is 39.1 Å². The van der Waals surface area contributed by atoms with Gasteiger partial charge < -0.3 is 0 Å². The van der Waals surface area contributed by atoms with Crippen molar-refractivity contribution in [3.63, 3.8) is 0 Å². The van der Waals surface area contributed by atoms with Gasteiger partial charge in [0, 0.05) is 0 Å². The molecule has 3 N–H and O–H groups in total. The maximum atomic E-state index is 9.44. The molecule has 0 bridgehead atoms. The van der Waals surface area contributed by atoms with Gasteiger partial charge in [0.05, 0.1) is 0 Å². The Balaban J connectivity index is 3.90. The van der Waals surface area contributed by atoms with E-state index >= 15 is 0 Å². The molecule has 0 heterocycles. The summed E-state index contributed by atoms with van der Waals surface area (Å²) in [7, 11) is -4.27. The monoisotopic (exact) mass is 324 g/mol. The molecule has 0 aromatic heterocycles. The quantitative estimate of drug-likeness (QED) is 0.516. The number of hydrogen-bond acceptors (Lipinski definition) is 3. The Labute approximate surface area is 89.6 Å². The summed E-state index contributed by atoms with van der Waals surface area (Å²) in [6, 6.07) is 0. The zero-order valence-corrected chi connectivity index (χ0v) is 10.9. The fraction of sp³-hybridized carbons (Fsp3) is 1.00. The second-order valence-corrected chi connectivity index (χ2v) is 8.03. The van der Waals surface area contributed by atoms with Crippen LogP contribution in [-0.2, 0) is 0 Å². The first-order chi connectivity index (χ1) is 5.39. The molecule has 0 rings (SSSR count). The molecule has 0 saturated carbocycles. The SMILES string of the molecule is OP(O)(O)(CCCBr)CCCBr. The Morgan fingerprint density at radius 2 is 1.17 bits per heavy atom. The van der Waals surface area contributed by atoms with Crippen LogP contribution in [0.4, 0.5) is 0 Å². The first-order valence-corrected chi connectivity index (χ1v) is 8.47. The van der Waals surface area contributed by atoms with Gasteiger partial charge in [-0.3, -0.25) is 0 Å². The van der Waals surface area contributed by atoms with Gasteiger partial charge in [0.15, 0.2) is 0 Å². The molecular weight excluding hydrogens is 311 g/mol. The van der Waals surface area contributed by atoms with Crippen molar-refractivity contribution in [1.82, 2.24) is 0 Å². The number of hydrogen-bond donors (Lipinski definition) is 3. The first kappa shape index (κ1) is 13.3. The van der Waals surface area contributed by atoms with E-state index in [0.29, 0.717) is 23.5 Å². The average Bonchev–Trinajstić information content (AvgIpc) is 1.97. The van der Waals surface area contributed by atoms with E-state index in [1.807, 2.05) is 0 Å². The van der Waals surface area contributed by atoms with E-state index in [9.17, 15) is 14.7 Å². The maximum absolute atomic E-state index is 9.44. The Morgan fingerprint density at radius 1 is 0.833 bits per heavy atom. The predicted octanol–water partition coefficient (Wildman–Crippen LogP) is 1.83. The van der Waals surface area contributed by atoms with Gasteiger partial charge in [-0.1, -0.05) is 0 Å². The molecule has 0 radical (unpaired) electrons. The summed E-state index contributed by atoms with van der Waals surface area (Å²) in [5.41, 5.74) is 0. The van der Waals surface area contributed by atoms with Crippen LogP contribution in [0.2, 0.25) is 0 Å². The topological polar surface area (TPSA) is 60.7 Å². The number of alkyl halides is 2. The van der Waals surface area contributed by atoms with Crippen LogP contribution in [0.25, 0.3) is 0 Å². The van der Waals surface area contributed by atoms with E-state index in [2.05, 4.69) is 31.9 Å². The molecule has 0 aromatic carbocycles. The van der Waals surface area contributed by atoms with Gasteiger partial charge in [-0.25, -0.2) is 0 Å². The van der Waals surface area contributed by atoms with Crippen LogP contribution in [0.3, 0.4) is 0 Å². The molecular formula is C6H15Br2O3P. The third kappa shape index (κ3) is 6.75. The van der Waals surface area contributed by atoms with Crippen LogP contribution in [-0.4, -0.2) is 37.7 Å². The zero-order valence-electron chi connectivity index (χ0n) is 6.79. The standard InChI is InChI=1S/C6H15Br2O3P/c7-3-1-5-12(9,10,11)6-2-4-8/h9-11H,1-6H2. The number of rotatable bonds is 6. The van der Waals surface area contributed by atoms with E-state index in [1.54, 1.807) is 0 Å². The van der Waals surface area contributed by atoms with Crippen molar-refractivity contribution in [1.29, 1.82) is 0 Å². The van der Waals surface area contributed by atoms with Crippen molar-refractivity contribution in [3.05, 3.63) is 0 Å². The fourth-order valence-electron chi connectivity index (χ4n) is 0.879. The van der Waals surface area contributed by atoms with E-state index in [-0.39, 0.29) is 12.3 Å². The van der Waals surface area contributed by atoms with Crippen molar-refractivity contribution in [3.8, 4) is 0 Å². The van der Waals surface area contributed by atoms with Gasteiger partial charge in [0.1, 0.15) is 0 Å². The minimum atomic E-state index is -4.27. The third-order valence-corrected chi connectivity index (χ3v) is 5.09. The molecule has 6 heteroatoms. The second-order valence-electron chi connectivity index (χ2n) is 2.87. The third-order valence-electron chi connectivity index (χ3n) is 1.50. The van der Waals surface area contributed by atoms with Crippen LogP contribution in [0.5, 0.6) is 0 Å². The van der Waals surface area contributed by atoms with Crippen molar-refractivity contribution in [2.75, 3.05) is 23.0 Å². The van der Waals surface area contributed by atoms with Gasteiger partial charge in [-0.05, 0) is 0 Å². The van der Waals surface area contributed by atoms with Gasteiger partial charge in [-0.2, -0.15) is 0 Å². The average molecular weight is 326 g/mol. The van der Waals surface area contributed by atoms with Gasteiger partial charge in [-0.15, -0.1) is 0 Å². The van der Waals surface area contributed by atoms with Crippen molar-refractivity contribution in [2.24, 2.45) is 0 Å². The molecule has 0 aliphatic carbocycles. The molecule has 0 amide bonds. The predicted molar refractivity (Wildman–Crippen MR) is 60.1 cm³/mol. The van der Waals surface area contributed by atoms with Crippen LogP contribution in [0.15, 0.2) is 0 Å². The molecule has 0 aromatic rings. The summed E-state index contributed by atoms with van der Waals surface area (Å²) >= 11 is 6.35. The molecule has 0 aliphatic rings. The fourth-order valence-corrected chi connectivity index (χ4v) is 4.14. The molecule has 0 fully saturated rings. The van der Waals surface area contributed by atoms with Crippen LogP contribution < -0.4 is 0 Å². The molecule has 0 spiro atoms. The summed E-state index contributed by atoms with van der Waals surface area (Å²) in [6.07, 6.45) is 1.38. The molecule has 76 valence electrons. The van der Waals surface area contributed by atoms with Crippen molar-refractivity contribution in [2.45, 2.75) is 12.8 Å². The molecule has 12 heavy (non-hydrogen) atoms. The summed E-state index contributed by atoms with van der Waals surface area (Å²) in [5, 5.41) is 1.36. The van der Waals surface area contributed by atoms with E-state index in [0.717, 1.165) is 0 Å². The molecule has 0 saturated heterocycles. The Morgan fingerprint density at radius 3 is 1.42 bits per heavy atom. The van der Waals surface area contributed by atoms with Gasteiger partial charge in [0.25, 0.3) is 0 Å². The second kappa shape index (κ2) is 5.23. The Hall–Kier alpha value is 1.27. The summed E-state index contributed by atoms with van der Waals surface area (Å²) in [5.74, 6) is 0. The van der Waals surface area contributed by atoms with E-state index in [4.69, 9.17) is 0 Å². The van der Waals surface area contributed by atoms with Crippen LogP contribution in [0, 0.1) is 0 Å². The normalized spacial score (nSPS) is 15.6. The first-order valence-electron chi connectivity index (χ1n) is 3.77.